The SMILES string of the molecule is CC1=C(c2nc(-c3cccc([N+](=O)[O-])c3)n[nH]2)C(c2ccccc2)N(CC(=O)c2cccc([N+](=O)[O-])c2)C(=O)N1. The van der Waals surface area contributed by atoms with Gasteiger partial charge >= 0.3 is 6.03 Å². The first kappa shape index (κ1) is 25.9. The summed E-state index contributed by atoms with van der Waals surface area (Å²) in [6.45, 7) is 1.31. The zero-order chi connectivity index (χ0) is 28.4. The Kier molecular flexibility index (Phi) is 6.85. The van der Waals surface area contributed by atoms with E-state index in [9.17, 15) is 29.8 Å². The van der Waals surface area contributed by atoms with Gasteiger partial charge in [0.05, 0.1) is 22.4 Å². The minimum absolute atomic E-state index is 0.0919. The lowest BCUT2D eigenvalue weighted by atomic mass is 9.92. The van der Waals surface area contributed by atoms with Crippen LogP contribution in [0.25, 0.3) is 17.0 Å². The minimum Gasteiger partial charge on any atom is -0.311 e. The predicted octanol–water partition coefficient (Wildman–Crippen LogP) is 4.67. The van der Waals surface area contributed by atoms with Crippen molar-refractivity contribution in [2.75, 3.05) is 6.54 Å². The van der Waals surface area contributed by atoms with Gasteiger partial charge in [0.1, 0.15) is 0 Å². The molecule has 3 aromatic carbocycles. The number of carbonyl (C=O) groups excluding carboxylic acids is 2. The molecule has 40 heavy (non-hydrogen) atoms. The molecule has 0 aliphatic carbocycles. The summed E-state index contributed by atoms with van der Waals surface area (Å²) >= 11 is 0. The maximum atomic E-state index is 13.3. The highest BCUT2D eigenvalue weighted by Gasteiger charge is 2.38. The standard InChI is InChI=1S/C27H21N7O6/c1-16-23(26-29-25(30-31-26)19-10-6-12-21(14-19)34(39)40)24(17-7-3-2-4-8-17)32(27(36)28-16)15-22(35)18-9-5-11-20(13-18)33(37)38/h2-14,24H,15H2,1H3,(H,28,36)(H,29,30,31). The monoisotopic (exact) mass is 539 g/mol. The van der Waals surface area contributed by atoms with Crippen LogP contribution in [0.15, 0.2) is 84.6 Å². The number of carbonyl (C=O) groups is 2. The normalized spacial score (nSPS) is 15.1. The molecule has 1 atom stereocenters. The van der Waals surface area contributed by atoms with Gasteiger partial charge in [0.15, 0.2) is 17.4 Å². The second kappa shape index (κ2) is 10.6. The van der Waals surface area contributed by atoms with Gasteiger partial charge in [-0.2, -0.15) is 5.10 Å². The van der Waals surface area contributed by atoms with Crippen LogP contribution in [0.4, 0.5) is 16.2 Å². The van der Waals surface area contributed by atoms with Crippen LogP contribution in [0, 0.1) is 20.2 Å². The van der Waals surface area contributed by atoms with Gasteiger partial charge in [0.25, 0.3) is 11.4 Å². The summed E-state index contributed by atoms with van der Waals surface area (Å²) < 4.78 is 0. The number of aromatic amines is 1. The maximum Gasteiger partial charge on any atom is 0.322 e. The van der Waals surface area contributed by atoms with Crippen LogP contribution in [0.5, 0.6) is 0 Å². The third-order valence-electron chi connectivity index (χ3n) is 6.41. The van der Waals surface area contributed by atoms with Crippen molar-refractivity contribution in [1.29, 1.82) is 0 Å². The van der Waals surface area contributed by atoms with E-state index in [0.717, 1.165) is 0 Å². The first-order valence-corrected chi connectivity index (χ1v) is 12.0. The summed E-state index contributed by atoms with van der Waals surface area (Å²) in [5, 5.41) is 32.3. The Bertz CT molecular complexity index is 1680. The highest BCUT2D eigenvalue weighted by molar-refractivity contribution is 6.01. The highest BCUT2D eigenvalue weighted by Crippen LogP contribution is 2.39. The Morgan fingerprint density at radius 3 is 2.33 bits per heavy atom. The molecule has 0 spiro atoms. The highest BCUT2D eigenvalue weighted by atomic mass is 16.6. The lowest BCUT2D eigenvalue weighted by Gasteiger charge is -2.37. The lowest BCUT2D eigenvalue weighted by Crippen LogP contribution is -2.48. The van der Waals surface area contributed by atoms with E-state index in [1.54, 1.807) is 37.3 Å². The molecule has 0 saturated carbocycles. The Balaban J connectivity index is 1.55. The van der Waals surface area contributed by atoms with Crippen LogP contribution in [-0.2, 0) is 0 Å². The van der Waals surface area contributed by atoms with Crippen LogP contribution >= 0.6 is 0 Å². The van der Waals surface area contributed by atoms with Gasteiger partial charge in [-0.1, -0.05) is 54.6 Å². The molecule has 1 aromatic heterocycles. The van der Waals surface area contributed by atoms with Crippen molar-refractivity contribution in [1.82, 2.24) is 25.4 Å². The minimum atomic E-state index is -0.775. The molecule has 0 saturated heterocycles. The van der Waals surface area contributed by atoms with Crippen molar-refractivity contribution in [3.63, 3.8) is 0 Å². The molecule has 5 rings (SSSR count). The van der Waals surface area contributed by atoms with Crippen molar-refractivity contribution in [3.8, 4) is 11.4 Å². The predicted molar refractivity (Wildman–Crippen MR) is 143 cm³/mol. The van der Waals surface area contributed by atoms with E-state index < -0.39 is 27.7 Å². The molecule has 0 fully saturated rings. The summed E-state index contributed by atoms with van der Waals surface area (Å²) in [6, 6.07) is 18.9. The van der Waals surface area contributed by atoms with Crippen LogP contribution in [0.1, 0.15) is 34.7 Å². The molecule has 2 heterocycles. The van der Waals surface area contributed by atoms with Crippen LogP contribution in [0.3, 0.4) is 0 Å². The number of nitro groups is 2. The number of amides is 2. The number of hydrogen-bond acceptors (Lipinski definition) is 8. The van der Waals surface area contributed by atoms with Gasteiger partial charge in [-0.15, -0.1) is 0 Å². The number of nitrogens with zero attached hydrogens (tertiary/aromatic N) is 5. The Morgan fingerprint density at radius 1 is 0.950 bits per heavy atom. The van der Waals surface area contributed by atoms with Crippen molar-refractivity contribution >= 4 is 28.8 Å². The molecule has 2 N–H and O–H groups in total. The van der Waals surface area contributed by atoms with Gasteiger partial charge < -0.3 is 10.2 Å². The fourth-order valence-corrected chi connectivity index (χ4v) is 4.54. The fourth-order valence-electron chi connectivity index (χ4n) is 4.54. The number of nitrogens with one attached hydrogen (secondary N) is 2. The smallest absolute Gasteiger partial charge is 0.311 e. The molecule has 2 amide bonds. The largest absolute Gasteiger partial charge is 0.322 e. The van der Waals surface area contributed by atoms with E-state index in [2.05, 4.69) is 20.5 Å². The van der Waals surface area contributed by atoms with E-state index in [1.807, 2.05) is 6.07 Å². The van der Waals surface area contributed by atoms with Crippen LogP contribution in [0.2, 0.25) is 0 Å². The molecule has 13 nitrogen and oxygen atoms in total. The molecule has 1 aliphatic rings. The molecule has 200 valence electrons. The van der Waals surface area contributed by atoms with Crippen LogP contribution in [-0.4, -0.2) is 48.3 Å². The Hall–Kier alpha value is -5.72. The molecule has 13 heteroatoms. The number of Topliss-reactive ketones (excluding diaryl/α,β-unsaturated/α-hetero) is 1. The van der Waals surface area contributed by atoms with E-state index in [0.29, 0.717) is 28.2 Å². The second-order valence-corrected chi connectivity index (χ2v) is 8.96. The molecule has 1 aliphatic heterocycles. The number of allylic oxidation sites excluding steroid dienone is 1. The zero-order valence-electron chi connectivity index (χ0n) is 21.0. The number of ketones is 1. The van der Waals surface area contributed by atoms with E-state index >= 15 is 0 Å². The van der Waals surface area contributed by atoms with Gasteiger partial charge in [0.2, 0.25) is 0 Å². The summed E-state index contributed by atoms with van der Waals surface area (Å²) in [4.78, 5) is 53.7. The number of urea groups is 1. The summed E-state index contributed by atoms with van der Waals surface area (Å²) in [6.07, 6.45) is 0. The second-order valence-electron chi connectivity index (χ2n) is 8.96. The average molecular weight is 540 g/mol. The average Bonchev–Trinajstić information content (AvgIpc) is 3.44. The molecular formula is C27H21N7O6. The topological polar surface area (TPSA) is 177 Å². The van der Waals surface area contributed by atoms with Crippen molar-refractivity contribution in [2.24, 2.45) is 0 Å². The molecule has 0 radical (unpaired) electrons. The third-order valence-corrected chi connectivity index (χ3v) is 6.41. The Morgan fingerprint density at radius 2 is 1.62 bits per heavy atom. The number of aromatic nitrogens is 3. The summed E-state index contributed by atoms with van der Waals surface area (Å²) in [5.41, 5.74) is 1.85. The fraction of sp³-hybridized carbons (Fsp3) is 0.111. The number of hydrogen-bond donors (Lipinski definition) is 2. The number of benzene rings is 3. The molecule has 4 aromatic rings. The van der Waals surface area contributed by atoms with Gasteiger partial charge in [-0.05, 0) is 12.5 Å². The quantitative estimate of drug-likeness (QED) is 0.184. The number of non-ortho nitro benzene ring substituents is 2. The van der Waals surface area contributed by atoms with Crippen molar-refractivity contribution < 1.29 is 19.4 Å². The summed E-state index contributed by atoms with van der Waals surface area (Å²) in [5.74, 6) is 0.0103. The van der Waals surface area contributed by atoms with Gasteiger partial charge in [-0.3, -0.25) is 30.1 Å². The number of nitro benzene ring substituents is 2. The zero-order valence-corrected chi connectivity index (χ0v) is 21.0. The Labute approximate surface area is 226 Å². The van der Waals surface area contributed by atoms with E-state index in [1.165, 1.54) is 47.4 Å². The lowest BCUT2D eigenvalue weighted by molar-refractivity contribution is -0.385. The maximum absolute atomic E-state index is 13.3. The number of H-pyrrole nitrogens is 1. The van der Waals surface area contributed by atoms with Crippen molar-refractivity contribution in [3.05, 3.63) is 122 Å². The third kappa shape index (κ3) is 5.03. The number of rotatable bonds is 8. The van der Waals surface area contributed by atoms with Crippen LogP contribution < -0.4 is 5.32 Å². The van der Waals surface area contributed by atoms with Gasteiger partial charge in [0, 0.05) is 46.7 Å². The molecule has 0 bridgehead atoms. The summed E-state index contributed by atoms with van der Waals surface area (Å²) in [7, 11) is 0. The van der Waals surface area contributed by atoms with Crippen molar-refractivity contribution in [2.45, 2.75) is 13.0 Å². The first-order valence-electron chi connectivity index (χ1n) is 12.0. The van der Waals surface area contributed by atoms with Gasteiger partial charge in [-0.25, -0.2) is 9.78 Å². The van der Waals surface area contributed by atoms with E-state index in [-0.39, 0.29) is 29.3 Å². The van der Waals surface area contributed by atoms with E-state index in [4.69, 9.17) is 0 Å². The molecule has 1 unspecified atom stereocenters. The molecular weight excluding hydrogens is 518 g/mol. The first-order chi connectivity index (χ1) is 19.2.